The molecule has 0 bridgehead atoms. The Hall–Kier alpha value is -1.22. The molecule has 0 amide bonds. The number of fused-ring (bicyclic) bond motifs is 3. The number of nitrogens with one attached hydrogen (secondary N) is 1. The summed E-state index contributed by atoms with van der Waals surface area (Å²) >= 11 is 0. The van der Waals surface area contributed by atoms with Crippen LogP contribution >= 0.6 is 0 Å². The van der Waals surface area contributed by atoms with Gasteiger partial charge in [-0.3, -0.25) is 0 Å². The summed E-state index contributed by atoms with van der Waals surface area (Å²) in [6, 6.07) is 4.58. The van der Waals surface area contributed by atoms with Crippen molar-refractivity contribution >= 4 is 0 Å². The molecule has 0 unspecified atom stereocenters. The molecule has 1 saturated carbocycles. The van der Waals surface area contributed by atoms with Gasteiger partial charge in [0, 0.05) is 17.0 Å². The molecule has 116 valence electrons. The van der Waals surface area contributed by atoms with Crippen LogP contribution in [0.4, 0.5) is 0 Å². The average molecular weight is 289 g/mol. The molecule has 1 aromatic rings. The topological polar surface area (TPSA) is 41.5 Å². The van der Waals surface area contributed by atoms with E-state index >= 15 is 0 Å². The van der Waals surface area contributed by atoms with Crippen molar-refractivity contribution in [1.82, 2.24) is 5.32 Å². The fraction of sp³-hybridized carbons (Fsp3) is 0.667. The van der Waals surface area contributed by atoms with E-state index in [1.54, 1.807) is 7.11 Å². The maximum atomic E-state index is 10.8. The first-order chi connectivity index (χ1) is 10.2. The zero-order valence-electron chi connectivity index (χ0n) is 13.4. The zero-order chi connectivity index (χ0) is 15.0. The van der Waals surface area contributed by atoms with Crippen LogP contribution in [0.5, 0.6) is 11.5 Å². The number of aromatic hydroxyl groups is 1. The van der Waals surface area contributed by atoms with Crippen LogP contribution < -0.4 is 10.1 Å². The molecule has 2 aliphatic rings. The number of benzene rings is 1. The molecule has 0 heterocycles. The Morgan fingerprint density at radius 2 is 2.19 bits per heavy atom. The van der Waals surface area contributed by atoms with Crippen molar-refractivity contribution < 1.29 is 9.84 Å². The van der Waals surface area contributed by atoms with Crippen molar-refractivity contribution in [3.63, 3.8) is 0 Å². The van der Waals surface area contributed by atoms with Gasteiger partial charge >= 0.3 is 0 Å². The van der Waals surface area contributed by atoms with Crippen molar-refractivity contribution in [3.05, 3.63) is 23.3 Å². The number of phenols is 1. The Morgan fingerprint density at radius 1 is 1.38 bits per heavy atom. The molecule has 3 atom stereocenters. The van der Waals surface area contributed by atoms with Gasteiger partial charge in [0.15, 0.2) is 11.5 Å². The molecule has 1 aromatic carbocycles. The molecule has 0 aromatic heterocycles. The highest BCUT2D eigenvalue weighted by molar-refractivity contribution is 5.55. The Labute approximate surface area is 127 Å². The third kappa shape index (κ3) is 2.05. The third-order valence-corrected chi connectivity index (χ3v) is 5.97. The van der Waals surface area contributed by atoms with Crippen LogP contribution in [-0.4, -0.2) is 25.3 Å². The van der Waals surface area contributed by atoms with Gasteiger partial charge in [-0.15, -0.1) is 0 Å². The summed E-state index contributed by atoms with van der Waals surface area (Å²) in [7, 11) is 3.71. The lowest BCUT2D eigenvalue weighted by Crippen LogP contribution is -2.53. The van der Waals surface area contributed by atoms with E-state index in [1.807, 2.05) is 6.07 Å². The second-order valence-electron chi connectivity index (χ2n) is 6.61. The summed E-state index contributed by atoms with van der Waals surface area (Å²) in [5, 5.41) is 14.3. The van der Waals surface area contributed by atoms with Gasteiger partial charge in [-0.2, -0.15) is 0 Å². The smallest absolute Gasteiger partial charge is 0.161 e. The molecule has 3 rings (SSSR count). The minimum atomic E-state index is 0.109. The van der Waals surface area contributed by atoms with E-state index in [-0.39, 0.29) is 5.41 Å². The lowest BCUT2D eigenvalue weighted by Gasteiger charge is -2.52. The summed E-state index contributed by atoms with van der Waals surface area (Å²) in [4.78, 5) is 0. The lowest BCUT2D eigenvalue weighted by molar-refractivity contribution is 0.117. The standard InChI is InChI=1S/C18H27NO2/c1-4-18-10-6-5-7-13(18)14(19-2)11-12-8-9-15(21-3)17(20)16(12)18/h8-9,13-14,19-20H,4-7,10-11H2,1-3H3/t13-,14-,18+/m1/s1. The van der Waals surface area contributed by atoms with E-state index in [9.17, 15) is 5.11 Å². The zero-order valence-corrected chi connectivity index (χ0v) is 13.4. The monoisotopic (exact) mass is 289 g/mol. The van der Waals surface area contributed by atoms with Crippen molar-refractivity contribution in [2.24, 2.45) is 5.92 Å². The molecule has 0 aliphatic heterocycles. The molecule has 0 spiro atoms. The number of methoxy groups -OCH3 is 1. The largest absolute Gasteiger partial charge is 0.504 e. The molecule has 21 heavy (non-hydrogen) atoms. The van der Waals surface area contributed by atoms with Crippen LogP contribution in [-0.2, 0) is 11.8 Å². The van der Waals surface area contributed by atoms with Gasteiger partial charge in [0.25, 0.3) is 0 Å². The first-order valence-corrected chi connectivity index (χ1v) is 8.24. The van der Waals surface area contributed by atoms with E-state index in [0.717, 1.165) is 12.8 Å². The van der Waals surface area contributed by atoms with Gasteiger partial charge in [-0.25, -0.2) is 0 Å². The Bertz CT molecular complexity index is 528. The predicted octanol–water partition coefficient (Wildman–Crippen LogP) is 3.38. The molecular weight excluding hydrogens is 262 g/mol. The quantitative estimate of drug-likeness (QED) is 0.896. The number of phenolic OH excluding ortho intramolecular Hbond substituents is 1. The maximum Gasteiger partial charge on any atom is 0.161 e. The maximum absolute atomic E-state index is 10.8. The second-order valence-corrected chi connectivity index (χ2v) is 6.61. The van der Waals surface area contributed by atoms with Gasteiger partial charge in [0.05, 0.1) is 7.11 Å². The molecule has 1 fully saturated rings. The Morgan fingerprint density at radius 3 is 2.86 bits per heavy atom. The summed E-state index contributed by atoms with van der Waals surface area (Å²) in [6.45, 7) is 2.28. The number of hydrogen-bond acceptors (Lipinski definition) is 3. The van der Waals surface area contributed by atoms with Gasteiger partial charge < -0.3 is 15.2 Å². The van der Waals surface area contributed by atoms with Crippen LogP contribution in [0.3, 0.4) is 0 Å². The third-order valence-electron chi connectivity index (χ3n) is 5.97. The van der Waals surface area contributed by atoms with E-state index in [4.69, 9.17) is 4.74 Å². The number of ether oxygens (including phenoxy) is 1. The first kappa shape index (κ1) is 14.7. The minimum Gasteiger partial charge on any atom is -0.504 e. The SMILES string of the molecule is CC[C@]12CCCC[C@@H]1[C@H](NC)Cc1ccc(OC)c(O)c12. The Balaban J connectivity index is 2.20. The molecule has 3 nitrogen and oxygen atoms in total. The van der Waals surface area contributed by atoms with Crippen molar-refractivity contribution in [3.8, 4) is 11.5 Å². The van der Waals surface area contributed by atoms with Gasteiger partial charge in [-0.1, -0.05) is 25.8 Å². The minimum absolute atomic E-state index is 0.109. The highest BCUT2D eigenvalue weighted by Crippen LogP contribution is 2.56. The highest BCUT2D eigenvalue weighted by atomic mass is 16.5. The summed E-state index contributed by atoms with van der Waals surface area (Å²) in [6.07, 6.45) is 7.11. The van der Waals surface area contributed by atoms with Crippen LogP contribution in [0.25, 0.3) is 0 Å². The van der Waals surface area contributed by atoms with E-state index in [2.05, 4.69) is 25.4 Å². The summed E-state index contributed by atoms with van der Waals surface area (Å²) in [5.41, 5.74) is 2.59. The predicted molar refractivity (Wildman–Crippen MR) is 85.1 cm³/mol. The first-order valence-electron chi connectivity index (χ1n) is 8.24. The van der Waals surface area contributed by atoms with E-state index < -0.39 is 0 Å². The average Bonchev–Trinajstić information content (AvgIpc) is 2.53. The molecular formula is C18H27NO2. The van der Waals surface area contributed by atoms with Crippen LogP contribution in [0, 0.1) is 5.92 Å². The molecule has 2 aliphatic carbocycles. The fourth-order valence-electron chi connectivity index (χ4n) is 4.97. The van der Waals surface area contributed by atoms with E-state index in [1.165, 1.54) is 36.8 Å². The molecule has 3 heteroatoms. The van der Waals surface area contributed by atoms with Crippen molar-refractivity contribution in [2.75, 3.05) is 14.2 Å². The fourth-order valence-corrected chi connectivity index (χ4v) is 4.97. The normalized spacial score (nSPS) is 31.4. The number of rotatable bonds is 3. The molecule has 2 N–H and O–H groups in total. The van der Waals surface area contributed by atoms with Gasteiger partial charge in [0.1, 0.15) is 0 Å². The van der Waals surface area contributed by atoms with Crippen molar-refractivity contribution in [1.29, 1.82) is 0 Å². The lowest BCUT2D eigenvalue weighted by atomic mass is 9.54. The van der Waals surface area contributed by atoms with Crippen LogP contribution in [0.15, 0.2) is 12.1 Å². The van der Waals surface area contributed by atoms with Gasteiger partial charge in [-0.05, 0) is 50.3 Å². The van der Waals surface area contributed by atoms with Crippen molar-refractivity contribution in [2.45, 2.75) is 56.9 Å². The molecule has 0 radical (unpaired) electrons. The summed E-state index contributed by atoms with van der Waals surface area (Å²) < 4.78 is 5.37. The second kappa shape index (κ2) is 5.53. The summed E-state index contributed by atoms with van der Waals surface area (Å²) in [5.74, 6) is 1.62. The van der Waals surface area contributed by atoms with Crippen LogP contribution in [0.2, 0.25) is 0 Å². The van der Waals surface area contributed by atoms with Crippen LogP contribution in [0.1, 0.15) is 50.2 Å². The number of hydrogen-bond donors (Lipinski definition) is 2. The highest BCUT2D eigenvalue weighted by Gasteiger charge is 2.49. The van der Waals surface area contributed by atoms with E-state index in [0.29, 0.717) is 23.5 Å². The number of likely N-dealkylation sites (N-methyl/N-ethyl adjacent to an activating group) is 1. The van der Waals surface area contributed by atoms with Gasteiger partial charge in [0.2, 0.25) is 0 Å². The molecule has 0 saturated heterocycles. The Kier molecular flexibility index (Phi) is 3.87.